The molecule has 0 aliphatic carbocycles. The largest absolute Gasteiger partial charge is 0.445 e. The van der Waals surface area contributed by atoms with Crippen LogP contribution in [0.15, 0.2) is 12.7 Å². The van der Waals surface area contributed by atoms with Crippen molar-refractivity contribution in [2.24, 2.45) is 11.8 Å². The van der Waals surface area contributed by atoms with Crippen molar-refractivity contribution in [2.75, 3.05) is 32.8 Å². The van der Waals surface area contributed by atoms with E-state index in [-0.39, 0.29) is 55.4 Å². The zero-order valence-electron chi connectivity index (χ0n) is 18.7. The summed E-state index contributed by atoms with van der Waals surface area (Å²) in [5, 5.41) is 0. The van der Waals surface area contributed by atoms with Crippen LogP contribution in [0.3, 0.4) is 0 Å². The van der Waals surface area contributed by atoms with Crippen molar-refractivity contribution in [3.05, 3.63) is 12.7 Å². The monoisotopic (exact) mass is 410 g/mol. The first-order chi connectivity index (χ1) is 13.6. The van der Waals surface area contributed by atoms with Crippen molar-refractivity contribution in [2.45, 2.75) is 60.3 Å². The van der Waals surface area contributed by atoms with Crippen LogP contribution < -0.4 is 0 Å². The number of hydrogen-bond donors (Lipinski definition) is 0. The van der Waals surface area contributed by atoms with Crippen LogP contribution in [0, 0.1) is 11.8 Å². The first-order valence-electron chi connectivity index (χ1n) is 10.5. The van der Waals surface area contributed by atoms with E-state index in [0.29, 0.717) is 32.4 Å². The summed E-state index contributed by atoms with van der Waals surface area (Å²) in [6, 6.07) is 0. The smallest absolute Gasteiger partial charge is 0.410 e. The van der Waals surface area contributed by atoms with E-state index in [1.807, 2.05) is 27.7 Å². The zero-order valence-corrected chi connectivity index (χ0v) is 18.7. The second-order valence-corrected chi connectivity index (χ2v) is 7.90. The molecule has 0 aliphatic rings. The van der Waals surface area contributed by atoms with E-state index in [1.165, 1.54) is 11.0 Å². The number of ether oxygens (including phenoxy) is 1. The summed E-state index contributed by atoms with van der Waals surface area (Å²) in [5.41, 5.74) is 0. The van der Waals surface area contributed by atoms with Crippen LogP contribution in [0.5, 0.6) is 0 Å². The lowest BCUT2D eigenvalue weighted by molar-refractivity contribution is -0.136. The third-order valence-electron chi connectivity index (χ3n) is 4.22. The molecule has 7 nitrogen and oxygen atoms in total. The minimum atomic E-state index is -0.534. The Bertz CT molecular complexity index is 559. The molecule has 0 aliphatic heterocycles. The molecule has 0 saturated carbocycles. The van der Waals surface area contributed by atoms with Gasteiger partial charge < -0.3 is 14.5 Å². The van der Waals surface area contributed by atoms with E-state index in [4.69, 9.17) is 4.74 Å². The van der Waals surface area contributed by atoms with Gasteiger partial charge in [-0.3, -0.25) is 14.4 Å². The zero-order chi connectivity index (χ0) is 22.4. The van der Waals surface area contributed by atoms with Gasteiger partial charge in [-0.2, -0.15) is 0 Å². The van der Waals surface area contributed by atoms with Gasteiger partial charge in [-0.25, -0.2) is 4.79 Å². The molecule has 0 bridgehead atoms. The minimum absolute atomic E-state index is 0.000974. The summed E-state index contributed by atoms with van der Waals surface area (Å²) in [5.74, 6) is -0.0840. The third-order valence-corrected chi connectivity index (χ3v) is 4.22. The highest BCUT2D eigenvalue weighted by molar-refractivity contribution is 5.86. The Hall–Kier alpha value is -2.18. The van der Waals surface area contributed by atoms with Gasteiger partial charge in [0.05, 0.1) is 13.1 Å². The number of Topliss-reactive ketones (excluding diaryl/α,β-unsaturated/α-hetero) is 2. The molecule has 1 atom stereocenters. The van der Waals surface area contributed by atoms with Crippen LogP contribution in [0.25, 0.3) is 0 Å². The molecule has 166 valence electrons. The minimum Gasteiger partial charge on any atom is -0.445 e. The molecule has 0 aromatic rings. The maximum absolute atomic E-state index is 12.5. The van der Waals surface area contributed by atoms with Crippen LogP contribution in [-0.4, -0.2) is 66.2 Å². The normalized spacial score (nSPS) is 11.7. The molecule has 0 rings (SSSR count). The van der Waals surface area contributed by atoms with Gasteiger partial charge in [0.15, 0.2) is 11.6 Å². The van der Waals surface area contributed by atoms with E-state index in [1.54, 1.807) is 11.8 Å². The molecule has 0 saturated heterocycles. The van der Waals surface area contributed by atoms with Crippen LogP contribution in [-0.2, 0) is 19.1 Å². The van der Waals surface area contributed by atoms with Crippen molar-refractivity contribution in [3.8, 4) is 0 Å². The highest BCUT2D eigenvalue weighted by Gasteiger charge is 2.23. The molecule has 29 heavy (non-hydrogen) atoms. The molecule has 0 N–H and O–H groups in total. The number of ketones is 2. The molecule has 0 aromatic heterocycles. The van der Waals surface area contributed by atoms with E-state index >= 15 is 0 Å². The first-order valence-corrected chi connectivity index (χ1v) is 10.5. The number of nitrogens with zero attached hydrogens (tertiary/aromatic N) is 2. The Morgan fingerprint density at radius 1 is 0.966 bits per heavy atom. The highest BCUT2D eigenvalue weighted by Crippen LogP contribution is 2.11. The Balaban J connectivity index is 4.89. The fraction of sp³-hybridized carbons (Fsp3) is 0.727. The lowest BCUT2D eigenvalue weighted by atomic mass is 10.0. The van der Waals surface area contributed by atoms with Gasteiger partial charge in [-0.1, -0.05) is 47.3 Å². The molecular weight excluding hydrogens is 372 g/mol. The number of hydrogen-bond acceptors (Lipinski definition) is 5. The lowest BCUT2D eigenvalue weighted by Gasteiger charge is -2.26. The van der Waals surface area contributed by atoms with E-state index in [9.17, 15) is 19.2 Å². The fourth-order valence-electron chi connectivity index (χ4n) is 2.92. The van der Waals surface area contributed by atoms with Crippen LogP contribution in [0.4, 0.5) is 4.79 Å². The van der Waals surface area contributed by atoms with Gasteiger partial charge in [0.1, 0.15) is 6.61 Å². The molecule has 0 radical (unpaired) electrons. The lowest BCUT2D eigenvalue weighted by Crippen LogP contribution is -2.41. The average Bonchev–Trinajstić information content (AvgIpc) is 2.64. The highest BCUT2D eigenvalue weighted by atomic mass is 16.6. The van der Waals surface area contributed by atoms with Gasteiger partial charge in [0, 0.05) is 32.4 Å². The molecule has 0 fully saturated rings. The summed E-state index contributed by atoms with van der Waals surface area (Å²) in [6.07, 6.45) is 2.64. The average molecular weight is 411 g/mol. The predicted octanol–water partition coefficient (Wildman–Crippen LogP) is 3.47. The quantitative estimate of drug-likeness (QED) is 0.386. The van der Waals surface area contributed by atoms with Crippen molar-refractivity contribution in [1.82, 2.24) is 9.80 Å². The summed E-state index contributed by atoms with van der Waals surface area (Å²) >= 11 is 0. The molecule has 2 amide bonds. The van der Waals surface area contributed by atoms with Gasteiger partial charge in [-0.15, -0.1) is 0 Å². The molecule has 0 aromatic carbocycles. The number of carbonyl (C=O) groups excluding carboxylic acids is 4. The topological polar surface area (TPSA) is 84.0 Å². The maximum Gasteiger partial charge on any atom is 0.410 e. The SMILES string of the molecule is C=CCOC(=O)N(CC(=O)C[C@@H](C)CN(CC(=O)CC)C(=O)CCC)CC(C)C. The van der Waals surface area contributed by atoms with Crippen molar-refractivity contribution in [3.63, 3.8) is 0 Å². The third kappa shape index (κ3) is 12.1. The second kappa shape index (κ2) is 14.8. The van der Waals surface area contributed by atoms with Crippen LogP contribution in [0.2, 0.25) is 0 Å². The molecule has 0 spiro atoms. The van der Waals surface area contributed by atoms with E-state index < -0.39 is 6.09 Å². The summed E-state index contributed by atoms with van der Waals surface area (Å²) in [6.45, 7) is 13.9. The first kappa shape index (κ1) is 26.8. The van der Waals surface area contributed by atoms with Crippen molar-refractivity contribution < 1.29 is 23.9 Å². The van der Waals surface area contributed by atoms with E-state index in [2.05, 4.69) is 6.58 Å². The van der Waals surface area contributed by atoms with Gasteiger partial charge >= 0.3 is 6.09 Å². The van der Waals surface area contributed by atoms with Gasteiger partial charge in [0.2, 0.25) is 5.91 Å². The van der Waals surface area contributed by atoms with Gasteiger partial charge in [0.25, 0.3) is 0 Å². The fourth-order valence-corrected chi connectivity index (χ4v) is 2.92. The number of rotatable bonds is 15. The Labute approximate surface area is 175 Å². The number of amides is 2. The Morgan fingerprint density at radius 2 is 1.59 bits per heavy atom. The Kier molecular flexibility index (Phi) is 13.7. The van der Waals surface area contributed by atoms with E-state index in [0.717, 1.165) is 0 Å². The molecule has 0 unspecified atom stereocenters. The summed E-state index contributed by atoms with van der Waals surface area (Å²) in [7, 11) is 0. The molecule has 0 heterocycles. The van der Waals surface area contributed by atoms with Gasteiger partial charge in [-0.05, 0) is 18.3 Å². The summed E-state index contributed by atoms with van der Waals surface area (Å²) < 4.78 is 5.07. The maximum atomic E-state index is 12.5. The Morgan fingerprint density at radius 3 is 2.10 bits per heavy atom. The predicted molar refractivity (Wildman–Crippen MR) is 114 cm³/mol. The van der Waals surface area contributed by atoms with Crippen molar-refractivity contribution >= 4 is 23.6 Å². The molecular formula is C22H38N2O5. The second-order valence-electron chi connectivity index (χ2n) is 7.90. The van der Waals surface area contributed by atoms with Crippen LogP contribution >= 0.6 is 0 Å². The van der Waals surface area contributed by atoms with Crippen molar-refractivity contribution in [1.29, 1.82) is 0 Å². The number of carbonyl (C=O) groups is 4. The standard InChI is InChI=1S/C22H38N2O5/c1-7-10-21(27)23(15-19(25)9-3)14-18(6)12-20(26)16-24(13-17(4)5)22(28)29-11-8-2/h8,17-18H,2,7,9-16H2,1,3-6H3/t18-/m1/s1. The molecule has 7 heteroatoms. The van der Waals surface area contributed by atoms with Crippen LogP contribution in [0.1, 0.15) is 60.3 Å². The summed E-state index contributed by atoms with van der Waals surface area (Å²) in [4.78, 5) is 51.8.